The van der Waals surface area contributed by atoms with Gasteiger partial charge in [0, 0.05) is 18.9 Å². The van der Waals surface area contributed by atoms with E-state index in [4.69, 9.17) is 5.11 Å². The minimum Gasteiger partial charge on any atom is -0.480 e. The maximum absolute atomic E-state index is 11.7. The predicted octanol–water partition coefficient (Wildman–Crippen LogP) is 1.40. The van der Waals surface area contributed by atoms with Crippen LogP contribution in [0, 0.1) is 6.92 Å². The number of carbonyl (C=O) groups is 2. The normalized spacial score (nSPS) is 11.7. The molecule has 0 bridgehead atoms. The van der Waals surface area contributed by atoms with E-state index < -0.39 is 18.0 Å². The van der Waals surface area contributed by atoms with E-state index in [1.165, 1.54) is 0 Å². The van der Waals surface area contributed by atoms with Crippen LogP contribution in [0.1, 0.15) is 17.5 Å². The summed E-state index contributed by atoms with van der Waals surface area (Å²) in [5, 5.41) is 14.1. The van der Waals surface area contributed by atoms with Crippen LogP contribution in [0.15, 0.2) is 18.5 Å². The molecule has 20 heavy (non-hydrogen) atoms. The highest BCUT2D eigenvalue weighted by molar-refractivity contribution is 7.98. The van der Waals surface area contributed by atoms with Gasteiger partial charge in [-0.25, -0.2) is 9.59 Å². The second-order valence-electron chi connectivity index (χ2n) is 4.30. The summed E-state index contributed by atoms with van der Waals surface area (Å²) >= 11 is 1.54. The van der Waals surface area contributed by atoms with E-state index >= 15 is 0 Å². The van der Waals surface area contributed by atoms with E-state index in [0.717, 1.165) is 11.1 Å². The van der Waals surface area contributed by atoms with Gasteiger partial charge in [0.25, 0.3) is 0 Å². The quantitative estimate of drug-likeness (QED) is 0.707. The zero-order valence-electron chi connectivity index (χ0n) is 11.5. The monoisotopic (exact) mass is 297 g/mol. The number of aromatic nitrogens is 1. The Morgan fingerprint density at radius 3 is 2.85 bits per heavy atom. The largest absolute Gasteiger partial charge is 0.480 e. The van der Waals surface area contributed by atoms with Crippen LogP contribution in [0.3, 0.4) is 0 Å². The van der Waals surface area contributed by atoms with Crippen molar-refractivity contribution in [2.45, 2.75) is 25.9 Å². The Labute approximate surface area is 122 Å². The summed E-state index contributed by atoms with van der Waals surface area (Å²) in [5.74, 6) is -0.338. The molecule has 0 aliphatic heterocycles. The van der Waals surface area contributed by atoms with Gasteiger partial charge in [-0.15, -0.1) is 0 Å². The van der Waals surface area contributed by atoms with Gasteiger partial charge in [0.2, 0.25) is 0 Å². The van der Waals surface area contributed by atoms with Gasteiger partial charge in [-0.1, -0.05) is 0 Å². The zero-order chi connectivity index (χ0) is 15.0. The van der Waals surface area contributed by atoms with Crippen LogP contribution < -0.4 is 10.6 Å². The van der Waals surface area contributed by atoms with Crippen LogP contribution in [0.25, 0.3) is 0 Å². The molecule has 0 aromatic carbocycles. The molecule has 110 valence electrons. The van der Waals surface area contributed by atoms with Gasteiger partial charge in [-0.3, -0.25) is 4.98 Å². The summed E-state index contributed by atoms with van der Waals surface area (Å²) in [4.78, 5) is 26.7. The van der Waals surface area contributed by atoms with Gasteiger partial charge in [0.15, 0.2) is 0 Å². The van der Waals surface area contributed by atoms with Gasteiger partial charge >= 0.3 is 12.0 Å². The minimum absolute atomic E-state index is 0.342. The summed E-state index contributed by atoms with van der Waals surface area (Å²) in [6.45, 7) is 2.25. The topological polar surface area (TPSA) is 91.3 Å². The Morgan fingerprint density at radius 1 is 1.50 bits per heavy atom. The third-order valence-electron chi connectivity index (χ3n) is 2.79. The highest BCUT2D eigenvalue weighted by Gasteiger charge is 2.19. The lowest BCUT2D eigenvalue weighted by Crippen LogP contribution is -2.46. The molecule has 1 atom stereocenters. The molecule has 0 radical (unpaired) electrons. The van der Waals surface area contributed by atoms with Gasteiger partial charge in [-0.2, -0.15) is 11.8 Å². The average Bonchev–Trinajstić information content (AvgIpc) is 2.42. The molecule has 2 amide bonds. The lowest BCUT2D eigenvalue weighted by Gasteiger charge is -2.15. The Balaban J connectivity index is 2.46. The minimum atomic E-state index is -1.02. The van der Waals surface area contributed by atoms with Gasteiger partial charge < -0.3 is 15.7 Å². The van der Waals surface area contributed by atoms with Crippen LogP contribution in [0.2, 0.25) is 0 Å². The first kappa shape index (κ1) is 16.3. The predicted molar refractivity (Wildman–Crippen MR) is 78.8 cm³/mol. The van der Waals surface area contributed by atoms with Gasteiger partial charge in [0.05, 0.1) is 0 Å². The maximum Gasteiger partial charge on any atom is 0.326 e. The van der Waals surface area contributed by atoms with Crippen LogP contribution in [-0.2, 0) is 11.3 Å². The highest BCUT2D eigenvalue weighted by Crippen LogP contribution is 2.04. The zero-order valence-corrected chi connectivity index (χ0v) is 12.4. The molecule has 0 unspecified atom stereocenters. The molecule has 7 heteroatoms. The summed E-state index contributed by atoms with van der Waals surface area (Å²) < 4.78 is 0. The number of hydrogen-bond acceptors (Lipinski definition) is 4. The van der Waals surface area contributed by atoms with Crippen molar-refractivity contribution in [2.24, 2.45) is 0 Å². The molecule has 0 aliphatic rings. The number of carbonyl (C=O) groups excluding carboxylic acids is 1. The average molecular weight is 297 g/mol. The number of rotatable bonds is 7. The molecular weight excluding hydrogens is 278 g/mol. The smallest absolute Gasteiger partial charge is 0.326 e. The van der Waals surface area contributed by atoms with E-state index in [9.17, 15) is 9.59 Å². The van der Waals surface area contributed by atoms with Crippen LogP contribution >= 0.6 is 11.8 Å². The third kappa shape index (κ3) is 5.48. The van der Waals surface area contributed by atoms with Crippen molar-refractivity contribution in [3.63, 3.8) is 0 Å². The number of carboxylic acid groups (broad SMARTS) is 1. The fraction of sp³-hybridized carbons (Fsp3) is 0.462. The summed E-state index contributed by atoms with van der Waals surface area (Å²) in [6, 6.07) is 0.480. The lowest BCUT2D eigenvalue weighted by atomic mass is 10.1. The highest BCUT2D eigenvalue weighted by atomic mass is 32.2. The molecule has 1 aromatic rings. The molecule has 6 nitrogen and oxygen atoms in total. The number of thioether (sulfide) groups is 1. The number of hydrogen-bond donors (Lipinski definition) is 3. The third-order valence-corrected chi connectivity index (χ3v) is 3.43. The Kier molecular flexibility index (Phi) is 6.86. The lowest BCUT2D eigenvalue weighted by molar-refractivity contribution is -0.139. The number of aliphatic carboxylic acids is 1. The van der Waals surface area contributed by atoms with E-state index in [-0.39, 0.29) is 0 Å². The second kappa shape index (κ2) is 8.42. The van der Waals surface area contributed by atoms with Crippen molar-refractivity contribution in [3.05, 3.63) is 29.6 Å². The number of carboxylic acids is 1. The molecule has 1 rings (SSSR count). The van der Waals surface area contributed by atoms with Crippen LogP contribution in [-0.4, -0.2) is 40.1 Å². The van der Waals surface area contributed by atoms with Crippen molar-refractivity contribution in [1.82, 2.24) is 15.6 Å². The molecule has 1 heterocycles. The first-order valence-corrected chi connectivity index (χ1v) is 7.59. The van der Waals surface area contributed by atoms with E-state index in [0.29, 0.717) is 18.7 Å². The molecule has 0 saturated carbocycles. The van der Waals surface area contributed by atoms with Crippen molar-refractivity contribution in [2.75, 3.05) is 12.0 Å². The number of nitrogens with one attached hydrogen (secondary N) is 2. The van der Waals surface area contributed by atoms with Crippen LogP contribution in [0.4, 0.5) is 4.79 Å². The Hall–Kier alpha value is -1.76. The van der Waals surface area contributed by atoms with Crippen LogP contribution in [0.5, 0.6) is 0 Å². The fourth-order valence-electron chi connectivity index (χ4n) is 1.58. The maximum atomic E-state index is 11.7. The summed E-state index contributed by atoms with van der Waals surface area (Å²) in [7, 11) is 0. The van der Waals surface area contributed by atoms with E-state index in [2.05, 4.69) is 15.6 Å². The number of pyridine rings is 1. The number of urea groups is 1. The summed E-state index contributed by atoms with van der Waals surface area (Å²) in [6.07, 6.45) is 5.66. The Bertz CT molecular complexity index is 468. The molecule has 0 fully saturated rings. The standard InChI is InChI=1S/C13H19N3O3S/c1-9-7-14-5-3-10(9)8-15-13(19)16-11(12(17)18)4-6-20-2/h3,5,7,11H,4,6,8H2,1-2H3,(H,17,18)(H2,15,16,19)/t11-/m1/s1. The molecule has 0 aliphatic carbocycles. The summed E-state index contributed by atoms with van der Waals surface area (Å²) in [5.41, 5.74) is 1.93. The van der Waals surface area contributed by atoms with Crippen molar-refractivity contribution < 1.29 is 14.7 Å². The SMILES string of the molecule is CSCC[C@@H](NC(=O)NCc1ccncc1C)C(=O)O. The fourth-order valence-corrected chi connectivity index (χ4v) is 2.05. The van der Waals surface area contributed by atoms with E-state index in [1.807, 2.05) is 19.2 Å². The van der Waals surface area contributed by atoms with Gasteiger partial charge in [-0.05, 0) is 42.5 Å². The molecule has 3 N–H and O–H groups in total. The molecule has 1 aromatic heterocycles. The number of amides is 2. The second-order valence-corrected chi connectivity index (χ2v) is 5.29. The number of aryl methyl sites for hydroxylation is 1. The van der Waals surface area contributed by atoms with Gasteiger partial charge in [0.1, 0.15) is 6.04 Å². The number of nitrogens with zero attached hydrogens (tertiary/aromatic N) is 1. The first-order chi connectivity index (χ1) is 9.54. The van der Waals surface area contributed by atoms with E-state index in [1.54, 1.807) is 24.2 Å². The first-order valence-electron chi connectivity index (χ1n) is 6.20. The van der Waals surface area contributed by atoms with Crippen molar-refractivity contribution in [1.29, 1.82) is 0 Å². The van der Waals surface area contributed by atoms with Crippen molar-refractivity contribution in [3.8, 4) is 0 Å². The molecule has 0 spiro atoms. The molecule has 0 saturated heterocycles. The van der Waals surface area contributed by atoms with Crippen molar-refractivity contribution >= 4 is 23.8 Å². The Morgan fingerprint density at radius 2 is 2.25 bits per heavy atom. The molecular formula is C13H19N3O3S.